The molecular formula is C16H15ClN4O3. The molecule has 0 aliphatic heterocycles. The van der Waals surface area contributed by atoms with E-state index in [1.165, 1.54) is 10.6 Å². The number of halogens is 1. The second kappa shape index (κ2) is 6.86. The molecule has 0 aliphatic rings. The Morgan fingerprint density at radius 3 is 2.79 bits per heavy atom. The van der Waals surface area contributed by atoms with E-state index in [0.29, 0.717) is 30.4 Å². The highest BCUT2D eigenvalue weighted by Gasteiger charge is 2.08. The van der Waals surface area contributed by atoms with Gasteiger partial charge in [0, 0.05) is 30.6 Å². The molecule has 0 bridgehead atoms. The van der Waals surface area contributed by atoms with Crippen LogP contribution in [-0.4, -0.2) is 34.7 Å². The third kappa shape index (κ3) is 3.17. The fourth-order valence-corrected chi connectivity index (χ4v) is 2.33. The molecule has 2 N–H and O–H groups in total. The number of hydrogen-bond acceptors (Lipinski definition) is 6. The van der Waals surface area contributed by atoms with E-state index in [4.69, 9.17) is 26.8 Å². The Morgan fingerprint density at radius 2 is 2.04 bits per heavy atom. The van der Waals surface area contributed by atoms with Crippen LogP contribution in [0.3, 0.4) is 0 Å². The maximum absolute atomic E-state index is 12.1. The lowest BCUT2D eigenvalue weighted by Crippen LogP contribution is -2.14. The van der Waals surface area contributed by atoms with Crippen molar-refractivity contribution in [2.45, 2.75) is 0 Å². The zero-order valence-electron chi connectivity index (χ0n) is 12.9. The molecule has 0 saturated heterocycles. The third-order valence-electron chi connectivity index (χ3n) is 3.40. The molecule has 0 saturated carbocycles. The zero-order valence-corrected chi connectivity index (χ0v) is 13.7. The van der Waals surface area contributed by atoms with Crippen LogP contribution in [0.15, 0.2) is 41.6 Å². The smallest absolute Gasteiger partial charge is 0.276 e. The second-order valence-corrected chi connectivity index (χ2v) is 5.42. The first-order valence-corrected chi connectivity index (χ1v) is 7.52. The molecule has 0 spiro atoms. The van der Waals surface area contributed by atoms with Gasteiger partial charge in [0.1, 0.15) is 17.3 Å². The molecule has 0 radical (unpaired) electrons. The van der Waals surface area contributed by atoms with Crippen molar-refractivity contribution in [3.63, 3.8) is 0 Å². The van der Waals surface area contributed by atoms with Crippen LogP contribution in [0.4, 0.5) is 5.69 Å². The summed E-state index contributed by atoms with van der Waals surface area (Å²) < 4.78 is 11.7. The van der Waals surface area contributed by atoms with E-state index in [9.17, 15) is 4.79 Å². The first-order valence-electron chi connectivity index (χ1n) is 7.14. The van der Waals surface area contributed by atoms with Crippen LogP contribution < -0.4 is 16.0 Å². The van der Waals surface area contributed by atoms with Crippen LogP contribution in [0.5, 0.6) is 5.88 Å². The van der Waals surface area contributed by atoms with Gasteiger partial charge in [-0.3, -0.25) is 9.20 Å². The van der Waals surface area contributed by atoms with E-state index < -0.39 is 0 Å². The van der Waals surface area contributed by atoms with E-state index >= 15 is 0 Å². The number of nitrogen functional groups attached to an aromatic ring is 1. The molecule has 0 aliphatic carbocycles. The molecule has 24 heavy (non-hydrogen) atoms. The number of methoxy groups -OCH3 is 1. The number of rotatable bonds is 5. The van der Waals surface area contributed by atoms with E-state index in [-0.39, 0.29) is 10.6 Å². The number of nitrogens with zero attached hydrogens (tertiary/aromatic N) is 3. The van der Waals surface area contributed by atoms with Gasteiger partial charge in [0.25, 0.3) is 5.56 Å². The summed E-state index contributed by atoms with van der Waals surface area (Å²) in [6.07, 6.45) is 4.62. The molecule has 3 heterocycles. The van der Waals surface area contributed by atoms with Gasteiger partial charge in [0.15, 0.2) is 0 Å². The van der Waals surface area contributed by atoms with Crippen molar-refractivity contribution >= 4 is 22.9 Å². The Kier molecular flexibility index (Phi) is 4.64. The molecular weight excluding hydrogens is 332 g/mol. The van der Waals surface area contributed by atoms with Gasteiger partial charge in [-0.2, -0.15) is 0 Å². The number of anilines is 1. The highest BCUT2D eigenvalue weighted by Crippen LogP contribution is 2.26. The lowest BCUT2D eigenvalue weighted by molar-refractivity contribution is 0.144. The fourth-order valence-electron chi connectivity index (χ4n) is 2.19. The zero-order chi connectivity index (χ0) is 17.1. The van der Waals surface area contributed by atoms with Gasteiger partial charge in [0.05, 0.1) is 18.5 Å². The van der Waals surface area contributed by atoms with Crippen LogP contribution in [-0.2, 0) is 4.74 Å². The molecule has 0 fully saturated rings. The third-order valence-corrected chi connectivity index (χ3v) is 3.66. The van der Waals surface area contributed by atoms with Gasteiger partial charge >= 0.3 is 0 Å². The van der Waals surface area contributed by atoms with Crippen LogP contribution in [0.2, 0.25) is 5.02 Å². The van der Waals surface area contributed by atoms with Gasteiger partial charge in [-0.25, -0.2) is 9.97 Å². The predicted octanol–water partition coefficient (Wildman–Crippen LogP) is 2.02. The van der Waals surface area contributed by atoms with Crippen molar-refractivity contribution in [2.24, 2.45) is 0 Å². The molecule has 0 atom stereocenters. The first-order chi connectivity index (χ1) is 11.6. The monoisotopic (exact) mass is 346 g/mol. The molecule has 3 aromatic heterocycles. The van der Waals surface area contributed by atoms with E-state index in [2.05, 4.69) is 9.97 Å². The summed E-state index contributed by atoms with van der Waals surface area (Å²) in [5.74, 6) is 0.346. The van der Waals surface area contributed by atoms with Gasteiger partial charge in [-0.05, 0) is 18.2 Å². The Morgan fingerprint density at radius 1 is 1.21 bits per heavy atom. The van der Waals surface area contributed by atoms with Crippen molar-refractivity contribution in [2.75, 3.05) is 26.1 Å². The largest absolute Gasteiger partial charge is 0.474 e. The minimum Gasteiger partial charge on any atom is -0.474 e. The van der Waals surface area contributed by atoms with E-state index in [1.54, 1.807) is 31.6 Å². The molecule has 0 amide bonds. The summed E-state index contributed by atoms with van der Waals surface area (Å²) in [5.41, 5.74) is 8.07. The van der Waals surface area contributed by atoms with Crippen molar-refractivity contribution in [1.29, 1.82) is 0 Å². The summed E-state index contributed by atoms with van der Waals surface area (Å²) >= 11 is 5.84. The Bertz CT molecular complexity index is 942. The van der Waals surface area contributed by atoms with E-state index in [0.717, 1.165) is 11.1 Å². The fraction of sp³-hybridized carbons (Fsp3) is 0.188. The van der Waals surface area contributed by atoms with Crippen LogP contribution in [0.1, 0.15) is 0 Å². The summed E-state index contributed by atoms with van der Waals surface area (Å²) in [6.45, 7) is 0.812. The molecule has 8 heteroatoms. The highest BCUT2D eigenvalue weighted by molar-refractivity contribution is 6.30. The SMILES string of the molecule is COCCOc1ncc(-c2ccc3ncc(Cl)c(=O)n3c2)cc1N. The van der Waals surface area contributed by atoms with Crippen LogP contribution in [0, 0.1) is 0 Å². The van der Waals surface area contributed by atoms with Crippen molar-refractivity contribution in [3.05, 3.63) is 52.2 Å². The number of ether oxygens (including phenoxy) is 2. The highest BCUT2D eigenvalue weighted by atomic mass is 35.5. The Balaban J connectivity index is 1.97. The molecule has 124 valence electrons. The van der Waals surface area contributed by atoms with Crippen LogP contribution in [0.25, 0.3) is 16.8 Å². The topological polar surface area (TPSA) is 91.7 Å². The standard InChI is InChI=1S/C16H15ClN4O3/c1-23-4-5-24-15-13(18)6-11(7-20-15)10-2-3-14-19-8-12(17)16(22)21(14)9-10/h2-3,6-9H,4-5,18H2,1H3. The van der Waals surface area contributed by atoms with Gasteiger partial charge in [-0.15, -0.1) is 0 Å². The quantitative estimate of drug-likeness (QED) is 0.710. The van der Waals surface area contributed by atoms with Gasteiger partial charge in [-0.1, -0.05) is 11.6 Å². The summed E-state index contributed by atoms with van der Waals surface area (Å²) in [5, 5.41) is 0.0594. The molecule has 3 aromatic rings. The average Bonchev–Trinajstić information content (AvgIpc) is 2.59. The number of pyridine rings is 2. The van der Waals surface area contributed by atoms with E-state index in [1.807, 2.05) is 6.07 Å². The Labute approximate surface area is 142 Å². The number of nitrogens with two attached hydrogens (primary N) is 1. The normalized spacial score (nSPS) is 10.9. The summed E-state index contributed by atoms with van der Waals surface area (Å²) in [6, 6.07) is 5.29. The van der Waals surface area contributed by atoms with Crippen molar-refractivity contribution in [3.8, 4) is 17.0 Å². The molecule has 3 rings (SSSR count). The Hall–Kier alpha value is -2.64. The minimum atomic E-state index is -0.330. The maximum atomic E-state index is 12.1. The van der Waals surface area contributed by atoms with Crippen molar-refractivity contribution < 1.29 is 9.47 Å². The predicted molar refractivity (Wildman–Crippen MR) is 91.5 cm³/mol. The van der Waals surface area contributed by atoms with Gasteiger partial charge < -0.3 is 15.2 Å². The lowest BCUT2D eigenvalue weighted by atomic mass is 10.1. The lowest BCUT2D eigenvalue weighted by Gasteiger charge is -2.10. The number of fused-ring (bicyclic) bond motifs is 1. The number of aromatic nitrogens is 3. The summed E-state index contributed by atoms with van der Waals surface area (Å²) in [4.78, 5) is 20.4. The van der Waals surface area contributed by atoms with Crippen LogP contribution >= 0.6 is 11.6 Å². The maximum Gasteiger partial charge on any atom is 0.276 e. The number of hydrogen-bond donors (Lipinski definition) is 1. The van der Waals surface area contributed by atoms with Gasteiger partial charge in [0.2, 0.25) is 5.88 Å². The first kappa shape index (κ1) is 16.2. The molecule has 0 aromatic carbocycles. The van der Waals surface area contributed by atoms with Crippen molar-refractivity contribution in [1.82, 2.24) is 14.4 Å². The molecule has 0 unspecified atom stereocenters. The average molecular weight is 347 g/mol. The minimum absolute atomic E-state index is 0.0594. The molecule has 7 nitrogen and oxygen atoms in total. The second-order valence-electron chi connectivity index (χ2n) is 5.02. The summed E-state index contributed by atoms with van der Waals surface area (Å²) in [7, 11) is 1.59.